The fourth-order valence-corrected chi connectivity index (χ4v) is 9.97. The second-order valence-electron chi connectivity index (χ2n) is 22.4. The van der Waals surface area contributed by atoms with E-state index in [1.807, 2.05) is 0 Å². The number of unbranched alkanes of at least 4 members (excludes halogenated alkanes) is 46. The van der Waals surface area contributed by atoms with Crippen LogP contribution in [0.5, 0.6) is 0 Å². The number of hydrogen-bond acceptors (Lipinski definition) is 6. The molecule has 0 saturated heterocycles. The average molecular weight is 1030 g/mol. The predicted octanol–water partition coefficient (Wildman–Crippen LogP) is 22.2. The summed E-state index contributed by atoms with van der Waals surface area (Å²) in [6.45, 7) is 6.69. The van der Waals surface area contributed by atoms with Crippen molar-refractivity contribution in [3.8, 4) is 0 Å². The number of hydrogen-bond donors (Lipinski definition) is 0. The van der Waals surface area contributed by atoms with Crippen LogP contribution in [-0.2, 0) is 28.6 Å². The van der Waals surface area contributed by atoms with E-state index >= 15 is 0 Å². The van der Waals surface area contributed by atoms with Crippen LogP contribution >= 0.6 is 0 Å². The van der Waals surface area contributed by atoms with E-state index in [1.165, 1.54) is 263 Å². The summed E-state index contributed by atoms with van der Waals surface area (Å²) < 4.78 is 17.0. The van der Waals surface area contributed by atoms with Crippen molar-refractivity contribution in [2.75, 3.05) is 13.2 Å². The van der Waals surface area contributed by atoms with Crippen LogP contribution in [0, 0.1) is 0 Å². The highest BCUT2D eigenvalue weighted by molar-refractivity contribution is 5.71. The molecule has 0 aromatic rings. The number of esters is 3. The Hall–Kier alpha value is -2.11. The van der Waals surface area contributed by atoms with Crippen molar-refractivity contribution in [1.29, 1.82) is 0 Å². The molecule has 73 heavy (non-hydrogen) atoms. The van der Waals surface area contributed by atoms with E-state index in [9.17, 15) is 14.4 Å². The minimum atomic E-state index is -0.773. The highest BCUT2D eigenvalue weighted by atomic mass is 16.6. The van der Waals surface area contributed by atoms with Gasteiger partial charge >= 0.3 is 17.9 Å². The molecule has 0 saturated carbocycles. The summed E-state index contributed by atoms with van der Waals surface area (Å²) in [5.74, 6) is -0.853. The molecule has 1 unspecified atom stereocenters. The normalized spacial score (nSPS) is 12.1. The quantitative estimate of drug-likeness (QED) is 0.0261. The lowest BCUT2D eigenvalue weighted by Crippen LogP contribution is -2.30. The Morgan fingerprint density at radius 1 is 0.260 bits per heavy atom. The molecule has 6 nitrogen and oxygen atoms in total. The van der Waals surface area contributed by atoms with Gasteiger partial charge in [-0.15, -0.1) is 0 Å². The number of allylic oxidation sites excluding steroid dienone is 4. The first-order valence-electron chi connectivity index (χ1n) is 32.8. The lowest BCUT2D eigenvalue weighted by atomic mass is 10.0. The molecule has 6 heteroatoms. The zero-order chi connectivity index (χ0) is 52.9. The van der Waals surface area contributed by atoms with E-state index in [0.717, 1.165) is 64.2 Å². The number of rotatable bonds is 61. The predicted molar refractivity (Wildman–Crippen MR) is 316 cm³/mol. The third-order valence-corrected chi connectivity index (χ3v) is 14.9. The van der Waals surface area contributed by atoms with Gasteiger partial charge in [0.05, 0.1) is 0 Å². The molecule has 0 aromatic heterocycles. The first kappa shape index (κ1) is 70.9. The molecule has 0 aromatic carbocycles. The Labute approximate surface area is 455 Å². The summed E-state index contributed by atoms with van der Waals surface area (Å²) in [6.07, 6.45) is 74.7. The summed E-state index contributed by atoms with van der Waals surface area (Å²) >= 11 is 0. The zero-order valence-corrected chi connectivity index (χ0v) is 49.4. The first-order valence-corrected chi connectivity index (χ1v) is 32.8. The lowest BCUT2D eigenvalue weighted by Gasteiger charge is -2.18. The van der Waals surface area contributed by atoms with Gasteiger partial charge in [-0.05, 0) is 70.6 Å². The minimum Gasteiger partial charge on any atom is -0.462 e. The second kappa shape index (κ2) is 62.4. The van der Waals surface area contributed by atoms with Crippen LogP contribution in [0.1, 0.15) is 367 Å². The van der Waals surface area contributed by atoms with Gasteiger partial charge in [0.1, 0.15) is 13.2 Å². The van der Waals surface area contributed by atoms with E-state index in [1.54, 1.807) is 0 Å². The molecule has 0 aliphatic rings. The monoisotopic (exact) mass is 1030 g/mol. The Morgan fingerprint density at radius 3 is 0.685 bits per heavy atom. The molecule has 0 N–H and O–H groups in total. The highest BCUT2D eigenvalue weighted by Crippen LogP contribution is 2.18. The van der Waals surface area contributed by atoms with Gasteiger partial charge in [0.25, 0.3) is 0 Å². The second-order valence-corrected chi connectivity index (χ2v) is 22.4. The number of carbonyl (C=O) groups is 3. The fourth-order valence-electron chi connectivity index (χ4n) is 9.97. The van der Waals surface area contributed by atoms with Crippen LogP contribution in [-0.4, -0.2) is 37.2 Å². The molecular formula is C67H126O6. The summed E-state index contributed by atoms with van der Waals surface area (Å²) in [7, 11) is 0. The van der Waals surface area contributed by atoms with E-state index < -0.39 is 6.10 Å². The van der Waals surface area contributed by atoms with Crippen LogP contribution in [0.2, 0.25) is 0 Å². The van der Waals surface area contributed by atoms with E-state index in [2.05, 4.69) is 45.1 Å². The van der Waals surface area contributed by atoms with Crippen molar-refractivity contribution >= 4 is 17.9 Å². The van der Waals surface area contributed by atoms with Crippen molar-refractivity contribution in [2.45, 2.75) is 374 Å². The molecule has 0 radical (unpaired) electrons. The molecule has 1 atom stereocenters. The largest absolute Gasteiger partial charge is 0.462 e. The van der Waals surface area contributed by atoms with Crippen LogP contribution in [0.25, 0.3) is 0 Å². The third kappa shape index (κ3) is 60.6. The van der Waals surface area contributed by atoms with Crippen molar-refractivity contribution in [3.63, 3.8) is 0 Å². The maximum Gasteiger partial charge on any atom is 0.306 e. The third-order valence-electron chi connectivity index (χ3n) is 14.9. The van der Waals surface area contributed by atoms with Gasteiger partial charge in [-0.25, -0.2) is 0 Å². The first-order chi connectivity index (χ1) is 36.0. The summed E-state index contributed by atoms with van der Waals surface area (Å²) in [4.78, 5) is 38.3. The van der Waals surface area contributed by atoms with Gasteiger partial charge in [-0.2, -0.15) is 0 Å². The molecule has 0 aliphatic carbocycles. The van der Waals surface area contributed by atoms with Gasteiger partial charge in [-0.3, -0.25) is 14.4 Å². The smallest absolute Gasteiger partial charge is 0.306 e. The highest BCUT2D eigenvalue weighted by Gasteiger charge is 2.19. The standard InChI is InChI=1S/C67H126O6/c1-4-7-10-13-16-19-22-25-28-30-32-33-35-36-39-42-45-48-51-54-57-60-66(69)72-63-64(62-71-65(68)59-56-53-50-47-44-41-38-27-24-21-18-15-12-9-6-3)73-67(70)61-58-55-52-49-46-43-40-37-34-31-29-26-23-20-17-14-11-8-5-2/h26-27,29,38,64H,4-25,28,30-37,39-63H2,1-3H3/b29-26-,38-27-. The Morgan fingerprint density at radius 2 is 0.452 bits per heavy atom. The molecule has 0 rings (SSSR count). The number of ether oxygens (including phenoxy) is 3. The van der Waals surface area contributed by atoms with Gasteiger partial charge in [0.15, 0.2) is 6.10 Å². The Bertz CT molecular complexity index is 1180. The molecule has 0 fully saturated rings. The maximum absolute atomic E-state index is 12.9. The Balaban J connectivity index is 4.30. The van der Waals surface area contributed by atoms with Crippen molar-refractivity contribution < 1.29 is 28.6 Å². The van der Waals surface area contributed by atoms with Gasteiger partial charge in [0, 0.05) is 19.3 Å². The van der Waals surface area contributed by atoms with Crippen LogP contribution in [0.4, 0.5) is 0 Å². The summed E-state index contributed by atoms with van der Waals surface area (Å²) in [5.41, 5.74) is 0. The van der Waals surface area contributed by atoms with Gasteiger partial charge in [0.2, 0.25) is 0 Å². The zero-order valence-electron chi connectivity index (χ0n) is 49.4. The van der Waals surface area contributed by atoms with Crippen molar-refractivity contribution in [2.24, 2.45) is 0 Å². The van der Waals surface area contributed by atoms with Gasteiger partial charge < -0.3 is 14.2 Å². The van der Waals surface area contributed by atoms with Crippen molar-refractivity contribution in [1.82, 2.24) is 0 Å². The topological polar surface area (TPSA) is 78.9 Å². The van der Waals surface area contributed by atoms with Gasteiger partial charge in [-0.1, -0.05) is 302 Å². The number of carbonyl (C=O) groups excluding carboxylic acids is 3. The molecular weight excluding hydrogens is 901 g/mol. The van der Waals surface area contributed by atoms with E-state index in [-0.39, 0.29) is 31.1 Å². The molecule has 430 valence electrons. The van der Waals surface area contributed by atoms with Crippen molar-refractivity contribution in [3.05, 3.63) is 24.3 Å². The summed E-state index contributed by atoms with van der Waals surface area (Å²) in [5, 5.41) is 0. The Kier molecular flexibility index (Phi) is 60.6. The minimum absolute atomic E-state index is 0.0695. The van der Waals surface area contributed by atoms with Crippen LogP contribution in [0.15, 0.2) is 24.3 Å². The molecule has 0 spiro atoms. The molecule has 0 aliphatic heterocycles. The molecule has 0 amide bonds. The van der Waals surface area contributed by atoms with E-state index in [0.29, 0.717) is 19.3 Å². The average Bonchev–Trinajstić information content (AvgIpc) is 3.39. The fraction of sp³-hybridized carbons (Fsp3) is 0.896. The molecule has 0 heterocycles. The SMILES string of the molecule is CCCCCCCC/C=C\CCCCCCCCCCCC(=O)OC(COC(=O)CCCCCCC/C=C\CCCCCCCC)COC(=O)CCCCCCCCCCCCCCCCCCCCCCC. The maximum atomic E-state index is 12.9. The van der Waals surface area contributed by atoms with Crippen LogP contribution in [0.3, 0.4) is 0 Å². The van der Waals surface area contributed by atoms with E-state index in [4.69, 9.17) is 14.2 Å². The lowest BCUT2D eigenvalue weighted by molar-refractivity contribution is -0.167. The molecule has 0 bridgehead atoms. The van der Waals surface area contributed by atoms with Crippen LogP contribution < -0.4 is 0 Å². The summed E-state index contributed by atoms with van der Waals surface area (Å²) in [6, 6.07) is 0.